The van der Waals surface area contributed by atoms with Crippen LogP contribution in [0.1, 0.15) is 33.6 Å². The molecule has 168 valence electrons. The second kappa shape index (κ2) is 12.1. The molecule has 32 heavy (non-hydrogen) atoms. The Labute approximate surface area is 188 Å². The van der Waals surface area contributed by atoms with Crippen molar-refractivity contribution in [2.75, 3.05) is 19.0 Å². The molecule has 3 amide bonds. The average Bonchev–Trinajstić information content (AvgIpc) is 2.80. The predicted octanol–water partition coefficient (Wildman–Crippen LogP) is 1.85. The summed E-state index contributed by atoms with van der Waals surface area (Å²) in [5, 5.41) is 3.03. The summed E-state index contributed by atoms with van der Waals surface area (Å²) in [5.41, 5.74) is 5.32. The first-order valence-corrected chi connectivity index (χ1v) is 9.65. The van der Waals surface area contributed by atoms with E-state index in [9.17, 15) is 24.0 Å². The zero-order valence-electron chi connectivity index (χ0n) is 17.0. The normalized spacial score (nSPS) is 9.94. The molecule has 2 aromatic rings. The van der Waals surface area contributed by atoms with Crippen LogP contribution < -0.4 is 16.2 Å². The first-order chi connectivity index (χ1) is 15.3. The molecule has 0 bridgehead atoms. The number of anilines is 1. The molecule has 0 unspecified atom stereocenters. The Morgan fingerprint density at radius 3 is 2.06 bits per heavy atom. The highest BCUT2D eigenvalue weighted by Gasteiger charge is 2.12. The van der Waals surface area contributed by atoms with E-state index in [1.807, 2.05) is 0 Å². The predicted molar refractivity (Wildman–Crippen MR) is 114 cm³/mol. The summed E-state index contributed by atoms with van der Waals surface area (Å²) < 4.78 is 9.34. The number of hydrazine groups is 1. The highest BCUT2D eigenvalue weighted by Crippen LogP contribution is 2.11. The van der Waals surface area contributed by atoms with Crippen LogP contribution in [0.5, 0.6) is 0 Å². The lowest BCUT2D eigenvalue weighted by atomic mass is 10.2. The molecular weight excluding hydrogens is 442 g/mol. The number of hydrogen-bond donors (Lipinski definition) is 3. The molecule has 0 saturated heterocycles. The van der Waals surface area contributed by atoms with Gasteiger partial charge < -0.3 is 14.8 Å². The molecule has 0 aromatic heterocycles. The van der Waals surface area contributed by atoms with E-state index < -0.39 is 36.3 Å². The zero-order chi connectivity index (χ0) is 23.5. The van der Waals surface area contributed by atoms with Gasteiger partial charge in [0.05, 0.1) is 19.1 Å². The molecule has 0 atom stereocenters. The van der Waals surface area contributed by atoms with Gasteiger partial charge in [0, 0.05) is 22.7 Å². The Morgan fingerprint density at radius 2 is 1.44 bits per heavy atom. The number of hydrogen-bond acceptors (Lipinski definition) is 7. The molecule has 11 heteroatoms. The number of halogens is 1. The molecule has 2 aromatic carbocycles. The molecule has 0 radical (unpaired) electrons. The third-order valence-corrected chi connectivity index (χ3v) is 4.18. The van der Waals surface area contributed by atoms with E-state index in [2.05, 4.69) is 20.9 Å². The van der Waals surface area contributed by atoms with Crippen LogP contribution in [0.2, 0.25) is 5.02 Å². The van der Waals surface area contributed by atoms with Gasteiger partial charge in [0.1, 0.15) is 0 Å². The molecule has 0 heterocycles. The molecule has 0 spiro atoms. The Morgan fingerprint density at radius 1 is 0.812 bits per heavy atom. The number of nitrogens with one attached hydrogen (secondary N) is 3. The van der Waals surface area contributed by atoms with Gasteiger partial charge in [0.2, 0.25) is 5.91 Å². The monoisotopic (exact) mass is 461 g/mol. The van der Waals surface area contributed by atoms with Gasteiger partial charge in [-0.25, -0.2) is 4.79 Å². The van der Waals surface area contributed by atoms with Gasteiger partial charge in [-0.2, -0.15) is 0 Å². The Kier molecular flexibility index (Phi) is 9.18. The van der Waals surface area contributed by atoms with Crippen molar-refractivity contribution < 1.29 is 33.4 Å². The van der Waals surface area contributed by atoms with Crippen molar-refractivity contribution >= 4 is 46.9 Å². The van der Waals surface area contributed by atoms with Gasteiger partial charge in [-0.1, -0.05) is 11.6 Å². The van der Waals surface area contributed by atoms with E-state index in [1.54, 1.807) is 0 Å². The smallest absolute Gasteiger partial charge is 0.337 e. The number of amides is 3. The highest BCUT2D eigenvalue weighted by molar-refractivity contribution is 6.30. The Bertz CT molecular complexity index is 991. The molecule has 3 N–H and O–H groups in total. The maximum Gasteiger partial charge on any atom is 0.337 e. The van der Waals surface area contributed by atoms with Gasteiger partial charge in [0.25, 0.3) is 11.8 Å². The van der Waals surface area contributed by atoms with Crippen molar-refractivity contribution in [3.63, 3.8) is 0 Å². The Hall–Kier alpha value is -3.92. The number of carbonyl (C=O) groups excluding carboxylic acids is 5. The van der Waals surface area contributed by atoms with Crippen molar-refractivity contribution in [1.29, 1.82) is 0 Å². The molecule has 0 saturated carbocycles. The van der Waals surface area contributed by atoms with Crippen LogP contribution in [0.25, 0.3) is 0 Å². The first-order valence-electron chi connectivity index (χ1n) is 9.27. The molecule has 0 aliphatic rings. The Balaban J connectivity index is 1.65. The maximum atomic E-state index is 11.9. The van der Waals surface area contributed by atoms with Crippen molar-refractivity contribution in [1.82, 2.24) is 10.9 Å². The standard InChI is InChI=1S/C21H20ClN3O7/c1-31-21(30)14-4-8-16(9-5-14)23-17(26)10-11-19(28)32-12-18(27)24-25-20(29)13-2-6-15(22)7-3-13/h2-9H,10-12H2,1H3,(H,23,26)(H,24,27)(H,25,29). The summed E-state index contributed by atoms with van der Waals surface area (Å²) in [6.45, 7) is -0.629. The molecule has 0 aliphatic heterocycles. The van der Waals surface area contributed by atoms with Crippen molar-refractivity contribution in [2.24, 2.45) is 0 Å². The van der Waals surface area contributed by atoms with E-state index in [0.29, 0.717) is 16.3 Å². The van der Waals surface area contributed by atoms with E-state index in [1.165, 1.54) is 55.6 Å². The molecule has 10 nitrogen and oxygen atoms in total. The van der Waals surface area contributed by atoms with Gasteiger partial charge in [0.15, 0.2) is 6.61 Å². The fraction of sp³-hybridized carbons (Fsp3) is 0.190. The van der Waals surface area contributed by atoms with E-state index in [0.717, 1.165) is 0 Å². The van der Waals surface area contributed by atoms with E-state index in [4.69, 9.17) is 16.3 Å². The largest absolute Gasteiger partial charge is 0.465 e. The average molecular weight is 462 g/mol. The fourth-order valence-electron chi connectivity index (χ4n) is 2.30. The molecular formula is C21H20ClN3O7. The summed E-state index contributed by atoms with van der Waals surface area (Å²) in [5.74, 6) is -3.04. The number of methoxy groups -OCH3 is 1. The van der Waals surface area contributed by atoms with Gasteiger partial charge in [-0.15, -0.1) is 0 Å². The quantitative estimate of drug-likeness (QED) is 0.402. The van der Waals surface area contributed by atoms with Crippen LogP contribution in [-0.2, 0) is 23.9 Å². The minimum atomic E-state index is -0.764. The van der Waals surface area contributed by atoms with Crippen molar-refractivity contribution in [3.8, 4) is 0 Å². The van der Waals surface area contributed by atoms with Crippen LogP contribution in [0, 0.1) is 0 Å². The minimum Gasteiger partial charge on any atom is -0.465 e. The second-order valence-corrected chi connectivity index (χ2v) is 6.72. The SMILES string of the molecule is COC(=O)c1ccc(NC(=O)CCC(=O)OCC(=O)NNC(=O)c2ccc(Cl)cc2)cc1. The lowest BCUT2D eigenvalue weighted by Crippen LogP contribution is -2.43. The summed E-state index contributed by atoms with van der Waals surface area (Å²) in [7, 11) is 1.26. The van der Waals surface area contributed by atoms with Crippen molar-refractivity contribution in [3.05, 3.63) is 64.7 Å². The summed E-state index contributed by atoms with van der Waals surface area (Å²) >= 11 is 5.73. The fourth-order valence-corrected chi connectivity index (χ4v) is 2.43. The molecule has 0 fully saturated rings. The minimum absolute atomic E-state index is 0.174. The number of benzene rings is 2. The van der Waals surface area contributed by atoms with Gasteiger partial charge in [-0.3, -0.25) is 30.0 Å². The lowest BCUT2D eigenvalue weighted by molar-refractivity contribution is -0.149. The lowest BCUT2D eigenvalue weighted by Gasteiger charge is -2.09. The zero-order valence-corrected chi connectivity index (χ0v) is 17.7. The highest BCUT2D eigenvalue weighted by atomic mass is 35.5. The summed E-state index contributed by atoms with van der Waals surface area (Å²) in [6, 6.07) is 12.0. The van der Waals surface area contributed by atoms with Crippen LogP contribution in [-0.4, -0.2) is 43.4 Å². The van der Waals surface area contributed by atoms with Crippen LogP contribution >= 0.6 is 11.6 Å². The van der Waals surface area contributed by atoms with Crippen LogP contribution in [0.4, 0.5) is 5.69 Å². The van der Waals surface area contributed by atoms with E-state index >= 15 is 0 Å². The number of esters is 2. The number of ether oxygens (including phenoxy) is 2. The number of carbonyl (C=O) groups is 5. The van der Waals surface area contributed by atoms with Crippen LogP contribution in [0.15, 0.2) is 48.5 Å². The summed E-state index contributed by atoms with van der Waals surface area (Å²) in [4.78, 5) is 58.5. The van der Waals surface area contributed by atoms with Gasteiger partial charge in [-0.05, 0) is 48.5 Å². The number of rotatable bonds is 8. The maximum absolute atomic E-state index is 11.9. The second-order valence-electron chi connectivity index (χ2n) is 6.29. The first kappa shape index (κ1) is 24.4. The van der Waals surface area contributed by atoms with E-state index in [-0.39, 0.29) is 18.4 Å². The third-order valence-electron chi connectivity index (χ3n) is 3.93. The molecule has 0 aliphatic carbocycles. The van der Waals surface area contributed by atoms with Crippen LogP contribution in [0.3, 0.4) is 0 Å². The topological polar surface area (TPSA) is 140 Å². The molecule has 2 rings (SSSR count). The summed E-state index contributed by atoms with van der Waals surface area (Å²) in [6.07, 6.45) is -0.428. The third kappa shape index (κ3) is 8.07. The van der Waals surface area contributed by atoms with Crippen molar-refractivity contribution in [2.45, 2.75) is 12.8 Å². The van der Waals surface area contributed by atoms with Gasteiger partial charge >= 0.3 is 11.9 Å².